The van der Waals surface area contributed by atoms with Gasteiger partial charge in [0.25, 0.3) is 5.56 Å². The van der Waals surface area contributed by atoms with Crippen LogP contribution < -0.4 is 10.9 Å². The Bertz CT molecular complexity index is 914. The lowest BCUT2D eigenvalue weighted by Crippen LogP contribution is -2.55. The summed E-state index contributed by atoms with van der Waals surface area (Å²) in [5, 5.41) is 9.54. The van der Waals surface area contributed by atoms with Crippen LogP contribution in [0.2, 0.25) is 0 Å². The average Bonchev–Trinajstić information content (AvgIpc) is 2.59. The maximum Gasteiger partial charge on any atom is 0.274 e. The Balaban J connectivity index is 1.98. The standard InChI is InChI=1S/C20H27N5O/c1-14(17(24(3)4)20(2)12-8-9-13-21-20)22-18-15-10-6-7-11-16(15)19(26)25(5)23-18/h6-11,13-14,17H,12H2,1-5H3,(H,22,23)/t14-,17+,20?/m0/s1. The molecular weight excluding hydrogens is 326 g/mol. The van der Waals surface area contributed by atoms with Crippen LogP contribution in [0, 0.1) is 0 Å². The number of hydrogen-bond donors (Lipinski definition) is 1. The first kappa shape index (κ1) is 18.3. The first-order valence-electron chi connectivity index (χ1n) is 8.93. The summed E-state index contributed by atoms with van der Waals surface area (Å²) in [5.74, 6) is 0.723. The predicted octanol–water partition coefficient (Wildman–Crippen LogP) is 2.45. The van der Waals surface area contributed by atoms with Gasteiger partial charge in [-0.15, -0.1) is 0 Å². The van der Waals surface area contributed by atoms with Gasteiger partial charge in [0, 0.05) is 24.7 Å². The van der Waals surface area contributed by atoms with Crippen LogP contribution in [0.25, 0.3) is 10.8 Å². The van der Waals surface area contributed by atoms with Crippen molar-refractivity contribution in [3.05, 3.63) is 46.8 Å². The number of rotatable bonds is 5. The van der Waals surface area contributed by atoms with Crippen molar-refractivity contribution in [3.63, 3.8) is 0 Å². The molecule has 0 aliphatic carbocycles. The second-order valence-corrected chi connectivity index (χ2v) is 7.43. The molecule has 6 nitrogen and oxygen atoms in total. The second-order valence-electron chi connectivity index (χ2n) is 7.43. The number of allylic oxidation sites excluding steroid dienone is 1. The van der Waals surface area contributed by atoms with Crippen LogP contribution in [0.1, 0.15) is 20.3 Å². The highest BCUT2D eigenvalue weighted by Gasteiger charge is 2.39. The number of nitrogens with one attached hydrogen (secondary N) is 1. The van der Waals surface area contributed by atoms with E-state index in [-0.39, 0.29) is 23.2 Å². The van der Waals surface area contributed by atoms with E-state index in [9.17, 15) is 4.79 Å². The molecule has 2 heterocycles. The zero-order valence-corrected chi connectivity index (χ0v) is 16.1. The van der Waals surface area contributed by atoms with Crippen LogP contribution in [0.4, 0.5) is 5.82 Å². The van der Waals surface area contributed by atoms with Gasteiger partial charge in [0.15, 0.2) is 5.82 Å². The van der Waals surface area contributed by atoms with Gasteiger partial charge in [-0.25, -0.2) is 4.68 Å². The molecule has 1 aliphatic rings. The fourth-order valence-corrected chi connectivity index (χ4v) is 4.07. The van der Waals surface area contributed by atoms with Crippen LogP contribution in [0.3, 0.4) is 0 Å². The number of anilines is 1. The van der Waals surface area contributed by atoms with E-state index >= 15 is 0 Å². The SMILES string of the molecule is C[C@H](Nc1nn(C)c(=O)c2ccccc12)[C@@H](N(C)C)C1(C)CC=CC=N1. The van der Waals surface area contributed by atoms with Gasteiger partial charge >= 0.3 is 0 Å². The number of aryl methyl sites for hydroxylation is 1. The lowest BCUT2D eigenvalue weighted by Gasteiger charge is -2.42. The minimum absolute atomic E-state index is 0.0760. The number of hydrogen-bond acceptors (Lipinski definition) is 5. The fraction of sp³-hybridized carbons (Fsp3) is 0.450. The molecule has 26 heavy (non-hydrogen) atoms. The van der Waals surface area contributed by atoms with Gasteiger partial charge in [-0.1, -0.05) is 24.3 Å². The number of aliphatic imine (C=N–C) groups is 1. The molecule has 0 radical (unpaired) electrons. The molecule has 1 aliphatic heterocycles. The van der Waals surface area contributed by atoms with Crippen molar-refractivity contribution < 1.29 is 0 Å². The Morgan fingerprint density at radius 2 is 1.96 bits per heavy atom. The van der Waals surface area contributed by atoms with Crippen molar-refractivity contribution in [3.8, 4) is 0 Å². The second kappa shape index (κ2) is 7.03. The molecule has 0 amide bonds. The van der Waals surface area contributed by atoms with E-state index in [1.165, 1.54) is 4.68 Å². The largest absolute Gasteiger partial charge is 0.364 e. The summed E-state index contributed by atoms with van der Waals surface area (Å²) in [4.78, 5) is 19.3. The molecule has 3 rings (SSSR count). The first-order valence-corrected chi connectivity index (χ1v) is 8.93. The minimum atomic E-state index is -0.221. The van der Waals surface area contributed by atoms with Crippen molar-refractivity contribution >= 4 is 22.8 Å². The van der Waals surface area contributed by atoms with E-state index in [4.69, 9.17) is 4.99 Å². The first-order chi connectivity index (χ1) is 12.3. The highest BCUT2D eigenvalue weighted by atomic mass is 16.1. The summed E-state index contributed by atoms with van der Waals surface area (Å²) in [5.41, 5.74) is -0.307. The summed E-state index contributed by atoms with van der Waals surface area (Å²) < 4.78 is 1.39. The van der Waals surface area contributed by atoms with Crippen molar-refractivity contribution in [2.75, 3.05) is 19.4 Å². The van der Waals surface area contributed by atoms with Crippen molar-refractivity contribution in [1.29, 1.82) is 0 Å². The smallest absolute Gasteiger partial charge is 0.274 e. The monoisotopic (exact) mass is 353 g/mol. The molecule has 6 heteroatoms. The van der Waals surface area contributed by atoms with Crippen LogP contribution in [0.5, 0.6) is 0 Å². The van der Waals surface area contributed by atoms with Crippen molar-refractivity contribution in [2.24, 2.45) is 12.0 Å². The molecule has 1 unspecified atom stereocenters. The number of nitrogens with zero attached hydrogens (tertiary/aromatic N) is 4. The van der Waals surface area contributed by atoms with E-state index < -0.39 is 0 Å². The van der Waals surface area contributed by atoms with Gasteiger partial charge < -0.3 is 10.2 Å². The van der Waals surface area contributed by atoms with Gasteiger partial charge in [0.2, 0.25) is 0 Å². The van der Waals surface area contributed by atoms with Crippen LogP contribution in [-0.2, 0) is 7.05 Å². The maximum atomic E-state index is 12.3. The van der Waals surface area contributed by atoms with E-state index in [0.717, 1.165) is 17.6 Å². The lowest BCUT2D eigenvalue weighted by atomic mass is 9.83. The summed E-state index contributed by atoms with van der Waals surface area (Å²) in [7, 11) is 5.84. The zero-order valence-electron chi connectivity index (χ0n) is 16.1. The maximum absolute atomic E-state index is 12.3. The highest BCUT2D eigenvalue weighted by Crippen LogP contribution is 2.30. The topological polar surface area (TPSA) is 62.5 Å². The van der Waals surface area contributed by atoms with Crippen molar-refractivity contribution in [1.82, 2.24) is 14.7 Å². The molecule has 3 atom stereocenters. The lowest BCUT2D eigenvalue weighted by molar-refractivity contribution is 0.174. The summed E-state index contributed by atoms with van der Waals surface area (Å²) in [6.45, 7) is 4.33. The van der Waals surface area contributed by atoms with Crippen LogP contribution >= 0.6 is 0 Å². The molecule has 1 N–H and O–H groups in total. The third-order valence-corrected chi connectivity index (χ3v) is 5.11. The zero-order chi connectivity index (χ0) is 18.9. The highest BCUT2D eigenvalue weighted by molar-refractivity contribution is 5.91. The van der Waals surface area contributed by atoms with E-state index in [1.807, 2.05) is 36.6 Å². The molecule has 1 aromatic heterocycles. The molecule has 0 bridgehead atoms. The van der Waals surface area contributed by atoms with E-state index in [0.29, 0.717) is 5.39 Å². The van der Waals surface area contributed by atoms with Crippen molar-refractivity contribution in [2.45, 2.75) is 37.9 Å². The Morgan fingerprint density at radius 3 is 2.58 bits per heavy atom. The summed E-state index contributed by atoms with van der Waals surface area (Å²) >= 11 is 0. The van der Waals surface area contributed by atoms with Gasteiger partial charge in [-0.05, 0) is 46.5 Å². The Kier molecular flexibility index (Phi) is 4.96. The molecule has 0 saturated carbocycles. The molecule has 138 valence electrons. The van der Waals surface area contributed by atoms with Crippen LogP contribution in [-0.4, -0.2) is 52.6 Å². The number of likely N-dealkylation sites (N-methyl/N-ethyl adjacent to an activating group) is 1. The number of fused-ring (bicyclic) bond motifs is 1. The third-order valence-electron chi connectivity index (χ3n) is 5.11. The molecular formula is C20H27N5O. The quantitative estimate of drug-likeness (QED) is 0.897. The Morgan fingerprint density at radius 1 is 1.27 bits per heavy atom. The van der Waals surface area contributed by atoms with Gasteiger partial charge in [-0.2, -0.15) is 5.10 Å². The number of dihydropyridines is 1. The number of benzene rings is 1. The fourth-order valence-electron chi connectivity index (χ4n) is 4.07. The molecule has 0 fully saturated rings. The van der Waals surface area contributed by atoms with Gasteiger partial charge in [-0.3, -0.25) is 9.79 Å². The molecule has 0 saturated heterocycles. The average molecular weight is 353 g/mol. The Hall–Kier alpha value is -2.47. The minimum Gasteiger partial charge on any atom is -0.364 e. The molecule has 1 aromatic carbocycles. The molecule has 0 spiro atoms. The summed E-state index contributed by atoms with van der Waals surface area (Å²) in [6.07, 6.45) is 6.93. The van der Waals surface area contributed by atoms with Crippen LogP contribution in [0.15, 0.2) is 46.2 Å². The third kappa shape index (κ3) is 3.29. The predicted molar refractivity (Wildman–Crippen MR) is 108 cm³/mol. The summed E-state index contributed by atoms with van der Waals surface area (Å²) in [6, 6.07) is 7.82. The Labute approximate surface area is 154 Å². The van der Waals surface area contributed by atoms with Gasteiger partial charge in [0.1, 0.15) is 0 Å². The normalized spacial score (nSPS) is 21.9. The van der Waals surface area contributed by atoms with Gasteiger partial charge in [0.05, 0.1) is 17.0 Å². The van der Waals surface area contributed by atoms with E-state index in [1.54, 1.807) is 7.05 Å². The number of aromatic nitrogens is 2. The van der Waals surface area contributed by atoms with E-state index in [2.05, 4.69) is 49.3 Å². The molecule has 2 aromatic rings.